The van der Waals surface area contributed by atoms with Crippen molar-refractivity contribution >= 4 is 17.7 Å². The van der Waals surface area contributed by atoms with Crippen molar-refractivity contribution in [2.75, 3.05) is 0 Å². The van der Waals surface area contributed by atoms with E-state index in [1.165, 1.54) is 13.8 Å². The second kappa shape index (κ2) is 4.04. The van der Waals surface area contributed by atoms with Crippen LogP contribution in [-0.4, -0.2) is 33.5 Å². The van der Waals surface area contributed by atoms with Gasteiger partial charge in [0.05, 0.1) is 0 Å². The number of carbonyl (C=O) groups is 3. The molecule has 1 atom stereocenters. The molecular weight excluding hydrogens is 228 g/mol. The Morgan fingerprint density at radius 3 is 2.35 bits per heavy atom. The lowest BCUT2D eigenvalue weighted by Crippen LogP contribution is -2.42. The molecule has 92 valence electrons. The summed E-state index contributed by atoms with van der Waals surface area (Å²) >= 11 is 0. The summed E-state index contributed by atoms with van der Waals surface area (Å²) in [5.74, 6) is -3.36. The van der Waals surface area contributed by atoms with E-state index in [0.717, 1.165) is 13.0 Å². The molecule has 1 rings (SSSR count). The standard InChI is InChI=1S/C11H12O6/c1-5-8(13)7(10(15)16)4-11(3,9(5)14)17-6(2)12/h4,13H,1-3H3,(H,15,16)/t11-/m0/s1. The van der Waals surface area contributed by atoms with Crippen LogP contribution in [0.1, 0.15) is 20.8 Å². The van der Waals surface area contributed by atoms with Crippen LogP contribution < -0.4 is 0 Å². The van der Waals surface area contributed by atoms with Crippen LogP contribution in [0.5, 0.6) is 0 Å². The first-order chi connectivity index (χ1) is 7.69. The van der Waals surface area contributed by atoms with Gasteiger partial charge < -0.3 is 14.9 Å². The minimum atomic E-state index is -1.68. The number of carboxylic acids is 1. The molecular formula is C11H12O6. The molecule has 6 nitrogen and oxygen atoms in total. The van der Waals surface area contributed by atoms with Crippen LogP contribution in [0, 0.1) is 0 Å². The number of aliphatic hydroxyl groups excluding tert-OH is 1. The van der Waals surface area contributed by atoms with Crippen molar-refractivity contribution in [1.82, 2.24) is 0 Å². The van der Waals surface area contributed by atoms with Gasteiger partial charge in [0.1, 0.15) is 11.3 Å². The van der Waals surface area contributed by atoms with E-state index in [-0.39, 0.29) is 5.57 Å². The maximum absolute atomic E-state index is 11.8. The van der Waals surface area contributed by atoms with E-state index < -0.39 is 34.7 Å². The molecule has 0 aliphatic heterocycles. The topological polar surface area (TPSA) is 101 Å². The van der Waals surface area contributed by atoms with Gasteiger partial charge in [0.2, 0.25) is 5.78 Å². The second-order valence-electron chi connectivity index (χ2n) is 3.87. The monoisotopic (exact) mass is 240 g/mol. The van der Waals surface area contributed by atoms with Gasteiger partial charge in [-0.2, -0.15) is 0 Å². The number of aliphatic hydroxyl groups is 1. The third kappa shape index (κ3) is 2.20. The molecule has 6 heteroatoms. The minimum Gasteiger partial charge on any atom is -0.507 e. The van der Waals surface area contributed by atoms with Gasteiger partial charge in [-0.05, 0) is 19.9 Å². The Morgan fingerprint density at radius 1 is 1.41 bits per heavy atom. The fraction of sp³-hybridized carbons (Fsp3) is 0.364. The number of carbonyl (C=O) groups excluding carboxylic acids is 2. The van der Waals surface area contributed by atoms with E-state index in [0.29, 0.717) is 0 Å². The third-order valence-corrected chi connectivity index (χ3v) is 2.41. The summed E-state index contributed by atoms with van der Waals surface area (Å²) in [5, 5.41) is 18.4. The molecule has 1 aliphatic rings. The summed E-state index contributed by atoms with van der Waals surface area (Å²) < 4.78 is 4.82. The summed E-state index contributed by atoms with van der Waals surface area (Å²) in [6.07, 6.45) is 0.932. The number of esters is 1. The van der Waals surface area contributed by atoms with Crippen molar-refractivity contribution in [3.05, 3.63) is 23.0 Å². The fourth-order valence-electron chi connectivity index (χ4n) is 1.63. The number of ketones is 1. The van der Waals surface area contributed by atoms with Crippen LogP contribution in [0.3, 0.4) is 0 Å². The Labute approximate surface area is 97.2 Å². The van der Waals surface area contributed by atoms with Crippen LogP contribution in [-0.2, 0) is 19.1 Å². The highest BCUT2D eigenvalue weighted by Crippen LogP contribution is 2.30. The zero-order valence-corrected chi connectivity index (χ0v) is 9.60. The maximum atomic E-state index is 11.8. The van der Waals surface area contributed by atoms with E-state index in [1.54, 1.807) is 0 Å². The molecule has 0 heterocycles. The Bertz CT molecular complexity index is 470. The average Bonchev–Trinajstić information content (AvgIpc) is 2.19. The molecule has 0 saturated heterocycles. The van der Waals surface area contributed by atoms with E-state index in [2.05, 4.69) is 0 Å². The van der Waals surface area contributed by atoms with E-state index >= 15 is 0 Å². The first-order valence-electron chi connectivity index (χ1n) is 4.80. The Balaban J connectivity index is 3.33. The molecule has 0 aromatic heterocycles. The van der Waals surface area contributed by atoms with Gasteiger partial charge in [0, 0.05) is 12.5 Å². The first kappa shape index (κ1) is 13.0. The summed E-state index contributed by atoms with van der Waals surface area (Å²) in [6.45, 7) is 3.66. The molecule has 17 heavy (non-hydrogen) atoms. The van der Waals surface area contributed by atoms with Crippen molar-refractivity contribution < 1.29 is 29.3 Å². The highest BCUT2D eigenvalue weighted by atomic mass is 16.6. The minimum absolute atomic E-state index is 0.145. The number of ether oxygens (including phenoxy) is 1. The molecule has 0 saturated carbocycles. The van der Waals surface area contributed by atoms with Gasteiger partial charge in [-0.25, -0.2) is 4.79 Å². The molecule has 0 amide bonds. The molecule has 1 aliphatic carbocycles. The zero-order chi connectivity index (χ0) is 13.4. The molecule has 0 aromatic carbocycles. The highest BCUT2D eigenvalue weighted by molar-refractivity contribution is 6.09. The molecule has 0 unspecified atom stereocenters. The van der Waals surface area contributed by atoms with Gasteiger partial charge in [-0.3, -0.25) is 9.59 Å². The highest BCUT2D eigenvalue weighted by Gasteiger charge is 2.42. The fourth-order valence-corrected chi connectivity index (χ4v) is 1.63. The molecule has 0 spiro atoms. The Kier molecular flexibility index (Phi) is 3.08. The molecule has 2 N–H and O–H groups in total. The van der Waals surface area contributed by atoms with Crippen molar-refractivity contribution in [2.24, 2.45) is 0 Å². The lowest BCUT2D eigenvalue weighted by atomic mass is 9.85. The first-order valence-corrected chi connectivity index (χ1v) is 4.80. The summed E-state index contributed by atoms with van der Waals surface area (Å²) in [7, 11) is 0. The number of rotatable bonds is 2. The summed E-state index contributed by atoms with van der Waals surface area (Å²) in [6, 6.07) is 0. The van der Waals surface area contributed by atoms with Crippen molar-refractivity contribution in [3.8, 4) is 0 Å². The van der Waals surface area contributed by atoms with E-state index in [9.17, 15) is 19.5 Å². The molecule has 0 bridgehead atoms. The van der Waals surface area contributed by atoms with Gasteiger partial charge in [-0.1, -0.05) is 0 Å². The van der Waals surface area contributed by atoms with E-state index in [1.807, 2.05) is 0 Å². The van der Waals surface area contributed by atoms with Gasteiger partial charge in [-0.15, -0.1) is 0 Å². The second-order valence-corrected chi connectivity index (χ2v) is 3.87. The van der Waals surface area contributed by atoms with Crippen LogP contribution in [0.4, 0.5) is 0 Å². The number of Topliss-reactive ketones (excluding diaryl/α,β-unsaturated/α-hetero) is 1. The van der Waals surface area contributed by atoms with Crippen LogP contribution in [0.25, 0.3) is 0 Å². The van der Waals surface area contributed by atoms with E-state index in [4.69, 9.17) is 9.84 Å². The van der Waals surface area contributed by atoms with Gasteiger partial charge >= 0.3 is 11.9 Å². The van der Waals surface area contributed by atoms with Gasteiger partial charge in [0.25, 0.3) is 0 Å². The quantitative estimate of drug-likeness (QED) is 0.690. The van der Waals surface area contributed by atoms with Crippen molar-refractivity contribution in [1.29, 1.82) is 0 Å². The van der Waals surface area contributed by atoms with Crippen molar-refractivity contribution in [3.63, 3.8) is 0 Å². The van der Waals surface area contributed by atoms with Crippen LogP contribution in [0.2, 0.25) is 0 Å². The molecule has 0 fully saturated rings. The summed E-state index contributed by atoms with van der Waals surface area (Å²) in [4.78, 5) is 33.6. The number of carboxylic acid groups (broad SMARTS) is 1. The predicted octanol–water partition coefficient (Wildman–Crippen LogP) is 0.734. The van der Waals surface area contributed by atoms with Gasteiger partial charge in [0.15, 0.2) is 5.60 Å². The van der Waals surface area contributed by atoms with Crippen LogP contribution in [0.15, 0.2) is 23.0 Å². The molecule has 0 radical (unpaired) electrons. The summed E-state index contributed by atoms with van der Waals surface area (Å²) in [5.41, 5.74) is -2.28. The lowest BCUT2D eigenvalue weighted by molar-refractivity contribution is -0.157. The number of aliphatic carboxylic acids is 1. The van der Waals surface area contributed by atoms with Crippen molar-refractivity contribution in [2.45, 2.75) is 26.4 Å². The number of hydrogen-bond donors (Lipinski definition) is 2. The Morgan fingerprint density at radius 2 is 1.94 bits per heavy atom. The zero-order valence-electron chi connectivity index (χ0n) is 9.60. The number of hydrogen-bond acceptors (Lipinski definition) is 5. The largest absolute Gasteiger partial charge is 0.507 e. The average molecular weight is 240 g/mol. The predicted molar refractivity (Wildman–Crippen MR) is 56.2 cm³/mol. The third-order valence-electron chi connectivity index (χ3n) is 2.41. The maximum Gasteiger partial charge on any atom is 0.339 e. The smallest absolute Gasteiger partial charge is 0.339 e. The normalized spacial score (nSPS) is 24.4. The lowest BCUT2D eigenvalue weighted by Gasteiger charge is -2.28. The van der Waals surface area contributed by atoms with Crippen LogP contribution >= 0.6 is 0 Å². The Hall–Kier alpha value is -2.11. The molecule has 0 aromatic rings. The SMILES string of the molecule is CC(=O)O[C@@]1(C)C=C(C(=O)O)C(O)=C(C)C1=O.